The van der Waals surface area contributed by atoms with Gasteiger partial charge in [0, 0.05) is 6.07 Å². The van der Waals surface area contributed by atoms with Gasteiger partial charge in [0.25, 0.3) is 10.0 Å². The molecule has 104 valence electrons. The van der Waals surface area contributed by atoms with Gasteiger partial charge in [-0.05, 0) is 24.3 Å². The molecule has 2 rings (SSSR count). The lowest BCUT2D eigenvalue weighted by molar-refractivity contribution is 0.415. The van der Waals surface area contributed by atoms with Crippen molar-refractivity contribution in [1.29, 1.82) is 5.26 Å². The summed E-state index contributed by atoms with van der Waals surface area (Å²) < 4.78 is 31.8. The average Bonchev–Trinajstić information content (AvgIpc) is 2.90. The van der Waals surface area contributed by atoms with Gasteiger partial charge < -0.3 is 4.74 Å². The fourth-order valence-electron chi connectivity index (χ4n) is 1.45. The van der Waals surface area contributed by atoms with E-state index in [4.69, 9.17) is 21.6 Å². The number of methoxy groups -OCH3 is 1. The second kappa shape index (κ2) is 5.71. The zero-order chi connectivity index (χ0) is 14.8. The molecule has 0 bridgehead atoms. The van der Waals surface area contributed by atoms with Crippen molar-refractivity contribution in [3.63, 3.8) is 0 Å². The monoisotopic (exact) mass is 328 g/mol. The number of sulfonamides is 1. The summed E-state index contributed by atoms with van der Waals surface area (Å²) in [5.74, 6) is 0.371. The van der Waals surface area contributed by atoms with Crippen molar-refractivity contribution in [3.05, 3.63) is 40.2 Å². The second-order valence-corrected chi connectivity index (χ2v) is 7.09. The lowest BCUT2D eigenvalue weighted by Crippen LogP contribution is -2.11. The van der Waals surface area contributed by atoms with Crippen molar-refractivity contribution < 1.29 is 13.2 Å². The summed E-state index contributed by atoms with van der Waals surface area (Å²) in [5, 5.41) is 9.11. The smallest absolute Gasteiger partial charge is 0.271 e. The number of anilines is 1. The summed E-state index contributed by atoms with van der Waals surface area (Å²) in [4.78, 5) is 0.332. The molecule has 0 radical (unpaired) electrons. The molecule has 0 saturated carbocycles. The Bertz CT molecular complexity index is 778. The molecule has 0 atom stereocenters. The Morgan fingerprint density at radius 3 is 2.70 bits per heavy atom. The zero-order valence-electron chi connectivity index (χ0n) is 10.3. The number of benzene rings is 1. The molecule has 1 aromatic carbocycles. The first-order chi connectivity index (χ1) is 9.46. The van der Waals surface area contributed by atoms with Crippen LogP contribution < -0.4 is 9.46 Å². The van der Waals surface area contributed by atoms with E-state index in [1.807, 2.05) is 6.07 Å². The number of ether oxygens (including phenoxy) is 1. The summed E-state index contributed by atoms with van der Waals surface area (Å²) in [6.07, 6.45) is 0. The number of thiophene rings is 1. The SMILES string of the molecule is COc1cc(NS(=O)(=O)c2ccc(C#N)s2)ccc1Cl. The van der Waals surface area contributed by atoms with Crippen LogP contribution in [0.1, 0.15) is 4.88 Å². The third-order valence-electron chi connectivity index (χ3n) is 2.36. The lowest BCUT2D eigenvalue weighted by Gasteiger charge is -2.08. The first kappa shape index (κ1) is 14.7. The fourth-order valence-corrected chi connectivity index (χ4v) is 3.80. The molecule has 20 heavy (non-hydrogen) atoms. The van der Waals surface area contributed by atoms with E-state index in [1.54, 1.807) is 0 Å². The van der Waals surface area contributed by atoms with Crippen molar-refractivity contribution >= 4 is 38.6 Å². The molecule has 5 nitrogen and oxygen atoms in total. The minimum Gasteiger partial charge on any atom is -0.495 e. The molecule has 0 aliphatic rings. The van der Waals surface area contributed by atoms with Crippen LogP contribution in [0.4, 0.5) is 5.69 Å². The molecule has 2 aromatic rings. The van der Waals surface area contributed by atoms with E-state index in [-0.39, 0.29) is 4.21 Å². The van der Waals surface area contributed by atoms with Gasteiger partial charge in [-0.2, -0.15) is 5.26 Å². The van der Waals surface area contributed by atoms with Crippen molar-refractivity contribution in [2.24, 2.45) is 0 Å². The van der Waals surface area contributed by atoms with Crippen LogP contribution in [-0.2, 0) is 10.0 Å². The lowest BCUT2D eigenvalue weighted by atomic mass is 10.3. The van der Waals surface area contributed by atoms with E-state index in [0.29, 0.717) is 21.3 Å². The standard InChI is InChI=1S/C12H9ClN2O3S2/c1-18-11-6-8(2-4-10(11)13)15-20(16,17)12-5-3-9(7-14)19-12/h2-6,15H,1H3. The third kappa shape index (κ3) is 3.04. The maximum Gasteiger partial charge on any atom is 0.271 e. The van der Waals surface area contributed by atoms with Gasteiger partial charge in [-0.25, -0.2) is 8.42 Å². The molecule has 8 heteroatoms. The Kier molecular flexibility index (Phi) is 4.18. The highest BCUT2D eigenvalue weighted by Gasteiger charge is 2.17. The number of halogens is 1. The first-order valence-corrected chi connectivity index (χ1v) is 8.00. The molecule has 0 aliphatic carbocycles. The fraction of sp³-hybridized carbons (Fsp3) is 0.0833. The van der Waals surface area contributed by atoms with Crippen molar-refractivity contribution in [1.82, 2.24) is 0 Å². The van der Waals surface area contributed by atoms with Crippen LogP contribution >= 0.6 is 22.9 Å². The van der Waals surface area contributed by atoms with Crippen LogP contribution in [0.5, 0.6) is 5.75 Å². The molecule has 0 unspecified atom stereocenters. The number of nitrogens with one attached hydrogen (secondary N) is 1. The molecular weight excluding hydrogens is 320 g/mol. The first-order valence-electron chi connectivity index (χ1n) is 5.32. The summed E-state index contributed by atoms with van der Waals surface area (Å²) in [6.45, 7) is 0. The van der Waals surface area contributed by atoms with E-state index < -0.39 is 10.0 Å². The van der Waals surface area contributed by atoms with Crippen molar-refractivity contribution in [2.75, 3.05) is 11.8 Å². The van der Waals surface area contributed by atoms with E-state index in [0.717, 1.165) is 11.3 Å². The van der Waals surface area contributed by atoms with Crippen LogP contribution in [0.15, 0.2) is 34.5 Å². The summed E-state index contributed by atoms with van der Waals surface area (Å²) in [5.41, 5.74) is 0.332. The molecule has 1 N–H and O–H groups in total. The molecule has 0 amide bonds. The van der Waals surface area contributed by atoms with Crippen LogP contribution in [0.3, 0.4) is 0 Å². The minimum atomic E-state index is -3.72. The Labute approximate surface area is 125 Å². The molecule has 0 aliphatic heterocycles. The van der Waals surface area contributed by atoms with Crippen LogP contribution in [0, 0.1) is 11.3 Å². The summed E-state index contributed by atoms with van der Waals surface area (Å²) in [6, 6.07) is 9.29. The maximum atomic E-state index is 12.1. The van der Waals surface area contributed by atoms with Crippen LogP contribution in [0.2, 0.25) is 5.02 Å². The van der Waals surface area contributed by atoms with E-state index in [1.165, 1.54) is 37.4 Å². The predicted octanol–water partition coefficient (Wildman–Crippen LogP) is 3.08. The highest BCUT2D eigenvalue weighted by atomic mass is 35.5. The molecule has 1 aromatic heterocycles. The largest absolute Gasteiger partial charge is 0.495 e. The summed E-state index contributed by atoms with van der Waals surface area (Å²) >= 11 is 6.77. The van der Waals surface area contributed by atoms with Gasteiger partial charge in [-0.15, -0.1) is 11.3 Å². The van der Waals surface area contributed by atoms with Gasteiger partial charge in [0.1, 0.15) is 20.9 Å². The number of hydrogen-bond donors (Lipinski definition) is 1. The molecule has 0 fully saturated rings. The topological polar surface area (TPSA) is 79.2 Å². The quantitative estimate of drug-likeness (QED) is 0.935. The third-order valence-corrected chi connectivity index (χ3v) is 5.54. The van der Waals surface area contributed by atoms with Crippen LogP contribution in [-0.4, -0.2) is 15.5 Å². The number of nitrogens with zero attached hydrogens (tertiary/aromatic N) is 1. The molecule has 0 saturated heterocycles. The maximum absolute atomic E-state index is 12.1. The zero-order valence-corrected chi connectivity index (χ0v) is 12.6. The average molecular weight is 329 g/mol. The van der Waals surface area contributed by atoms with Gasteiger partial charge in [0.2, 0.25) is 0 Å². The predicted molar refractivity (Wildman–Crippen MR) is 77.8 cm³/mol. The van der Waals surface area contributed by atoms with Crippen LogP contribution in [0.25, 0.3) is 0 Å². The van der Waals surface area contributed by atoms with Gasteiger partial charge in [0.05, 0.1) is 17.8 Å². The van der Waals surface area contributed by atoms with Crippen molar-refractivity contribution in [3.8, 4) is 11.8 Å². The van der Waals surface area contributed by atoms with E-state index in [2.05, 4.69) is 4.72 Å². The normalized spacial score (nSPS) is 10.8. The summed E-state index contributed by atoms with van der Waals surface area (Å²) in [7, 11) is -2.28. The minimum absolute atomic E-state index is 0.0722. The number of rotatable bonds is 4. The van der Waals surface area contributed by atoms with Crippen molar-refractivity contribution in [2.45, 2.75) is 4.21 Å². The highest BCUT2D eigenvalue weighted by Crippen LogP contribution is 2.29. The number of hydrogen-bond acceptors (Lipinski definition) is 5. The van der Waals surface area contributed by atoms with Gasteiger partial charge in [-0.3, -0.25) is 4.72 Å². The Morgan fingerprint density at radius 1 is 1.35 bits per heavy atom. The molecule has 0 spiro atoms. The van der Waals surface area contributed by atoms with Gasteiger partial charge >= 0.3 is 0 Å². The Morgan fingerprint density at radius 2 is 2.10 bits per heavy atom. The van der Waals surface area contributed by atoms with E-state index >= 15 is 0 Å². The van der Waals surface area contributed by atoms with E-state index in [9.17, 15) is 8.42 Å². The number of nitriles is 1. The molecule has 1 heterocycles. The highest BCUT2D eigenvalue weighted by molar-refractivity contribution is 7.94. The Balaban J connectivity index is 2.31. The van der Waals surface area contributed by atoms with Gasteiger partial charge in [-0.1, -0.05) is 11.6 Å². The molecular formula is C12H9ClN2O3S2. The van der Waals surface area contributed by atoms with Gasteiger partial charge in [0.15, 0.2) is 0 Å². The second-order valence-electron chi connectivity index (χ2n) is 3.69. The Hall–Kier alpha value is -1.75.